The Labute approximate surface area is 199 Å². The lowest BCUT2D eigenvalue weighted by atomic mass is 9.89. The van der Waals surface area contributed by atoms with Crippen LogP contribution in [-0.4, -0.2) is 48.1 Å². The summed E-state index contributed by atoms with van der Waals surface area (Å²) in [6, 6.07) is 12.1. The molecule has 3 aromatic rings. The third kappa shape index (κ3) is 5.35. The Kier molecular flexibility index (Phi) is 7.40. The van der Waals surface area contributed by atoms with Gasteiger partial charge in [-0.15, -0.1) is 0 Å². The molecule has 0 saturated carbocycles. The van der Waals surface area contributed by atoms with Gasteiger partial charge in [0.1, 0.15) is 11.6 Å². The van der Waals surface area contributed by atoms with Crippen LogP contribution in [0.15, 0.2) is 48.7 Å². The lowest BCUT2D eigenvalue weighted by molar-refractivity contribution is -0.132. The molecule has 0 N–H and O–H groups in total. The number of hydrogen-bond acceptors (Lipinski definition) is 5. The molecular weight excluding hydrogens is 433 g/mol. The van der Waals surface area contributed by atoms with Crippen LogP contribution < -0.4 is 9.47 Å². The summed E-state index contributed by atoms with van der Waals surface area (Å²) in [5, 5.41) is 0. The van der Waals surface area contributed by atoms with Gasteiger partial charge in [0.15, 0.2) is 11.5 Å². The van der Waals surface area contributed by atoms with E-state index in [-0.39, 0.29) is 17.6 Å². The average Bonchev–Trinajstić information content (AvgIpc) is 2.87. The maximum absolute atomic E-state index is 13.4. The topological polar surface area (TPSA) is 64.5 Å². The lowest BCUT2D eigenvalue weighted by Gasteiger charge is -2.33. The first-order valence-electron chi connectivity index (χ1n) is 11.6. The minimum Gasteiger partial charge on any atom is -0.493 e. The molecular formula is C27H30FN3O3. The molecule has 34 heavy (non-hydrogen) atoms. The molecule has 1 amide bonds. The van der Waals surface area contributed by atoms with Crippen LogP contribution in [0.4, 0.5) is 4.39 Å². The molecule has 0 spiro atoms. The summed E-state index contributed by atoms with van der Waals surface area (Å²) in [7, 11) is 3.21. The van der Waals surface area contributed by atoms with E-state index in [1.165, 1.54) is 12.1 Å². The zero-order valence-electron chi connectivity index (χ0n) is 19.9. The van der Waals surface area contributed by atoms with Gasteiger partial charge in [-0.25, -0.2) is 14.4 Å². The third-order valence-electron chi connectivity index (χ3n) is 6.33. The fourth-order valence-electron chi connectivity index (χ4n) is 4.52. The normalized spacial score (nSPS) is 15.8. The van der Waals surface area contributed by atoms with Crippen LogP contribution in [-0.2, 0) is 11.2 Å². The zero-order chi connectivity index (χ0) is 24.1. The minimum absolute atomic E-state index is 0.112. The quantitative estimate of drug-likeness (QED) is 0.496. The Morgan fingerprint density at radius 3 is 2.62 bits per heavy atom. The first kappa shape index (κ1) is 23.7. The SMILES string of the molecule is COc1ccc(CCC(=O)N2CCC[C@@H](c3nc(C)ncc3-c3ccc(F)cc3)C2)cc1OC. The second-order valence-corrected chi connectivity index (χ2v) is 8.59. The number of aryl methyl sites for hydroxylation is 2. The van der Waals surface area contributed by atoms with Crippen molar-refractivity contribution in [2.75, 3.05) is 27.3 Å². The van der Waals surface area contributed by atoms with Crippen molar-refractivity contribution in [2.24, 2.45) is 0 Å². The molecule has 1 aliphatic heterocycles. The van der Waals surface area contributed by atoms with Gasteiger partial charge in [-0.3, -0.25) is 4.79 Å². The highest BCUT2D eigenvalue weighted by Gasteiger charge is 2.28. The van der Waals surface area contributed by atoms with Gasteiger partial charge in [0.2, 0.25) is 5.91 Å². The summed E-state index contributed by atoms with van der Waals surface area (Å²) < 4.78 is 24.1. The number of amides is 1. The molecule has 1 aromatic heterocycles. The molecule has 1 fully saturated rings. The molecule has 6 nitrogen and oxygen atoms in total. The first-order valence-corrected chi connectivity index (χ1v) is 11.6. The standard InChI is InChI=1S/C27H30FN3O3/c1-18-29-16-23(20-8-10-22(28)11-9-20)27(30-18)21-5-4-14-31(17-21)26(32)13-7-19-6-12-24(33-2)25(15-19)34-3/h6,8-12,15-16,21H,4-5,7,13-14,17H2,1-3H3/t21-/m1/s1. The molecule has 1 aliphatic rings. The van der Waals surface area contributed by atoms with E-state index in [9.17, 15) is 9.18 Å². The molecule has 0 radical (unpaired) electrons. The first-order chi connectivity index (χ1) is 16.5. The highest BCUT2D eigenvalue weighted by Crippen LogP contribution is 2.33. The van der Waals surface area contributed by atoms with E-state index >= 15 is 0 Å². The number of likely N-dealkylation sites (tertiary alicyclic amines) is 1. The molecule has 4 rings (SSSR count). The van der Waals surface area contributed by atoms with E-state index in [1.807, 2.05) is 36.2 Å². The Morgan fingerprint density at radius 1 is 1.12 bits per heavy atom. The van der Waals surface area contributed by atoms with Crippen molar-refractivity contribution >= 4 is 5.91 Å². The van der Waals surface area contributed by atoms with Gasteiger partial charge in [-0.2, -0.15) is 0 Å². The predicted octanol–water partition coefficient (Wildman–Crippen LogP) is 4.95. The average molecular weight is 464 g/mol. The van der Waals surface area contributed by atoms with E-state index < -0.39 is 0 Å². The maximum atomic E-state index is 13.4. The fraction of sp³-hybridized carbons (Fsp3) is 0.370. The summed E-state index contributed by atoms with van der Waals surface area (Å²) in [6.45, 7) is 3.24. The number of benzene rings is 2. The summed E-state index contributed by atoms with van der Waals surface area (Å²) in [4.78, 5) is 24.1. The lowest BCUT2D eigenvalue weighted by Crippen LogP contribution is -2.39. The molecule has 178 valence electrons. The van der Waals surface area contributed by atoms with Crippen LogP contribution in [0, 0.1) is 12.7 Å². The van der Waals surface area contributed by atoms with Gasteiger partial charge in [0.05, 0.1) is 19.9 Å². The number of hydrogen-bond donors (Lipinski definition) is 0. The number of carbonyl (C=O) groups is 1. The van der Waals surface area contributed by atoms with Crippen LogP contribution in [0.5, 0.6) is 11.5 Å². The van der Waals surface area contributed by atoms with Crippen LogP contribution in [0.1, 0.15) is 42.3 Å². The summed E-state index contributed by atoms with van der Waals surface area (Å²) >= 11 is 0. The largest absolute Gasteiger partial charge is 0.493 e. The molecule has 0 unspecified atom stereocenters. The van der Waals surface area contributed by atoms with Gasteiger partial charge in [0, 0.05) is 37.2 Å². The highest BCUT2D eigenvalue weighted by atomic mass is 19.1. The number of carbonyl (C=O) groups excluding carboxylic acids is 1. The Balaban J connectivity index is 1.47. The van der Waals surface area contributed by atoms with Crippen molar-refractivity contribution in [3.63, 3.8) is 0 Å². The number of aromatic nitrogens is 2. The molecule has 0 bridgehead atoms. The zero-order valence-corrected chi connectivity index (χ0v) is 19.9. The van der Waals surface area contributed by atoms with Crippen LogP contribution in [0.25, 0.3) is 11.1 Å². The highest BCUT2D eigenvalue weighted by molar-refractivity contribution is 5.77. The number of rotatable bonds is 7. The van der Waals surface area contributed by atoms with E-state index in [2.05, 4.69) is 4.98 Å². The van der Waals surface area contributed by atoms with Gasteiger partial charge in [-0.1, -0.05) is 18.2 Å². The number of nitrogens with zero attached hydrogens (tertiary/aromatic N) is 3. The Hall–Kier alpha value is -3.48. The fourth-order valence-corrected chi connectivity index (χ4v) is 4.52. The van der Waals surface area contributed by atoms with Crippen LogP contribution >= 0.6 is 0 Å². The molecule has 1 atom stereocenters. The van der Waals surface area contributed by atoms with Crippen molar-refractivity contribution in [1.82, 2.24) is 14.9 Å². The molecule has 0 aliphatic carbocycles. The number of methoxy groups -OCH3 is 2. The van der Waals surface area contributed by atoms with Crippen molar-refractivity contribution in [2.45, 2.75) is 38.5 Å². The van der Waals surface area contributed by atoms with Crippen molar-refractivity contribution < 1.29 is 18.7 Å². The number of ether oxygens (including phenoxy) is 2. The van der Waals surface area contributed by atoms with E-state index in [0.29, 0.717) is 36.7 Å². The monoisotopic (exact) mass is 463 g/mol. The summed E-state index contributed by atoms with van der Waals surface area (Å²) in [5.41, 5.74) is 3.74. The van der Waals surface area contributed by atoms with Crippen molar-refractivity contribution in [3.8, 4) is 22.6 Å². The van der Waals surface area contributed by atoms with E-state index in [0.717, 1.165) is 41.8 Å². The third-order valence-corrected chi connectivity index (χ3v) is 6.33. The van der Waals surface area contributed by atoms with E-state index in [4.69, 9.17) is 14.5 Å². The van der Waals surface area contributed by atoms with Crippen LogP contribution in [0.2, 0.25) is 0 Å². The Bertz CT molecular complexity index is 1150. The smallest absolute Gasteiger partial charge is 0.222 e. The van der Waals surface area contributed by atoms with Gasteiger partial charge >= 0.3 is 0 Å². The summed E-state index contributed by atoms with van der Waals surface area (Å²) in [5.74, 6) is 2.00. The Morgan fingerprint density at radius 2 is 1.88 bits per heavy atom. The van der Waals surface area contributed by atoms with Gasteiger partial charge < -0.3 is 14.4 Å². The molecule has 7 heteroatoms. The second kappa shape index (κ2) is 10.6. The maximum Gasteiger partial charge on any atom is 0.222 e. The number of halogens is 1. The molecule has 1 saturated heterocycles. The van der Waals surface area contributed by atoms with Gasteiger partial charge in [0.25, 0.3) is 0 Å². The molecule has 2 aromatic carbocycles. The van der Waals surface area contributed by atoms with Crippen molar-refractivity contribution in [3.05, 3.63) is 71.6 Å². The minimum atomic E-state index is -0.276. The summed E-state index contributed by atoms with van der Waals surface area (Å²) in [6.07, 6.45) is 4.73. The van der Waals surface area contributed by atoms with Gasteiger partial charge in [-0.05, 0) is 61.6 Å². The van der Waals surface area contributed by atoms with Crippen molar-refractivity contribution in [1.29, 1.82) is 0 Å². The molecule has 2 heterocycles. The van der Waals surface area contributed by atoms with Crippen LogP contribution in [0.3, 0.4) is 0 Å². The number of piperidine rings is 1. The second-order valence-electron chi connectivity index (χ2n) is 8.59. The predicted molar refractivity (Wildman–Crippen MR) is 129 cm³/mol. The van der Waals surface area contributed by atoms with E-state index in [1.54, 1.807) is 26.4 Å².